The van der Waals surface area contributed by atoms with Gasteiger partial charge in [-0.2, -0.15) is 5.10 Å². The van der Waals surface area contributed by atoms with Crippen molar-refractivity contribution in [2.24, 2.45) is 13.0 Å². The molecular formula is C12H20N4O4. The third kappa shape index (κ3) is 3.46. The minimum atomic E-state index is -0.918. The van der Waals surface area contributed by atoms with Gasteiger partial charge in [0.2, 0.25) is 5.82 Å². The van der Waals surface area contributed by atoms with Gasteiger partial charge in [0.1, 0.15) is 5.69 Å². The number of carbonyl (C=O) groups is 1. The first-order valence-corrected chi connectivity index (χ1v) is 6.59. The van der Waals surface area contributed by atoms with Crippen molar-refractivity contribution >= 4 is 17.5 Å². The van der Waals surface area contributed by atoms with Crippen LogP contribution in [0.2, 0.25) is 0 Å². The summed E-state index contributed by atoms with van der Waals surface area (Å²) < 4.78 is 1.40. The van der Waals surface area contributed by atoms with Gasteiger partial charge in [-0.15, -0.1) is 0 Å². The van der Waals surface area contributed by atoms with Gasteiger partial charge in [0.25, 0.3) is 0 Å². The number of hydrogen-bond donors (Lipinski definition) is 2. The van der Waals surface area contributed by atoms with Crippen LogP contribution in [0.25, 0.3) is 0 Å². The smallest absolute Gasteiger partial charge is 0.333 e. The number of aromatic nitrogens is 2. The number of nitrogens with zero attached hydrogens (tertiary/aromatic N) is 3. The zero-order valence-electron chi connectivity index (χ0n) is 11.9. The van der Waals surface area contributed by atoms with Crippen molar-refractivity contribution in [3.8, 4) is 0 Å². The summed E-state index contributed by atoms with van der Waals surface area (Å²) >= 11 is 0. The van der Waals surface area contributed by atoms with Gasteiger partial charge in [0.05, 0.1) is 10.8 Å². The second kappa shape index (κ2) is 6.88. The van der Waals surface area contributed by atoms with Crippen LogP contribution < -0.4 is 5.32 Å². The summed E-state index contributed by atoms with van der Waals surface area (Å²) in [5.41, 5.74) is 0.362. The molecule has 8 nitrogen and oxygen atoms in total. The maximum absolute atomic E-state index is 11.2. The molecule has 1 atom stereocenters. The zero-order valence-corrected chi connectivity index (χ0v) is 11.9. The number of carboxylic acids is 1. The molecule has 0 radical (unpaired) electrons. The highest BCUT2D eigenvalue weighted by Crippen LogP contribution is 2.29. The van der Waals surface area contributed by atoms with Crippen LogP contribution in [0.4, 0.5) is 11.5 Å². The number of anilines is 1. The molecule has 0 aliphatic heterocycles. The molecule has 1 aromatic rings. The molecule has 1 aromatic heterocycles. The molecule has 112 valence electrons. The van der Waals surface area contributed by atoms with Crippen molar-refractivity contribution in [2.45, 2.75) is 33.1 Å². The van der Waals surface area contributed by atoms with E-state index in [-0.39, 0.29) is 18.1 Å². The van der Waals surface area contributed by atoms with E-state index >= 15 is 0 Å². The topological polar surface area (TPSA) is 110 Å². The van der Waals surface area contributed by atoms with E-state index in [1.807, 2.05) is 6.92 Å². The third-order valence-corrected chi connectivity index (χ3v) is 3.12. The molecule has 0 saturated carbocycles. The Labute approximate surface area is 116 Å². The molecule has 0 amide bonds. The first kappa shape index (κ1) is 15.9. The van der Waals surface area contributed by atoms with Gasteiger partial charge in [-0.25, -0.2) is 4.68 Å². The summed E-state index contributed by atoms with van der Waals surface area (Å²) in [5.74, 6) is -1.24. The number of aliphatic carboxylic acids is 1. The minimum Gasteiger partial charge on any atom is -0.481 e. The number of rotatable bonds is 8. The van der Waals surface area contributed by atoms with Gasteiger partial charge in [-0.1, -0.05) is 20.3 Å². The summed E-state index contributed by atoms with van der Waals surface area (Å²) in [6.07, 6.45) is 1.72. The maximum atomic E-state index is 11.2. The van der Waals surface area contributed by atoms with Crippen molar-refractivity contribution in [3.63, 3.8) is 0 Å². The lowest BCUT2D eigenvalue weighted by molar-refractivity contribution is -0.384. The number of carboxylic acid groups (broad SMARTS) is 1. The Hall–Kier alpha value is -2.12. The van der Waals surface area contributed by atoms with E-state index < -0.39 is 16.8 Å². The molecule has 2 N–H and O–H groups in total. The lowest BCUT2D eigenvalue weighted by atomic mass is 10.1. The molecule has 1 unspecified atom stereocenters. The van der Waals surface area contributed by atoms with Crippen LogP contribution in [0.1, 0.15) is 32.4 Å². The number of nitro groups is 1. The van der Waals surface area contributed by atoms with Gasteiger partial charge in [0.15, 0.2) is 0 Å². The van der Waals surface area contributed by atoms with Gasteiger partial charge in [0, 0.05) is 13.6 Å². The molecule has 0 spiro atoms. The Bertz CT molecular complexity index is 498. The van der Waals surface area contributed by atoms with E-state index in [9.17, 15) is 14.9 Å². The molecule has 8 heteroatoms. The molecule has 20 heavy (non-hydrogen) atoms. The van der Waals surface area contributed by atoms with E-state index in [1.165, 1.54) is 4.68 Å². The number of aryl methyl sites for hydroxylation is 2. The molecule has 0 aromatic carbocycles. The van der Waals surface area contributed by atoms with E-state index in [2.05, 4.69) is 10.4 Å². The van der Waals surface area contributed by atoms with E-state index in [1.54, 1.807) is 14.0 Å². The lowest BCUT2D eigenvalue weighted by Gasteiger charge is -2.11. The highest BCUT2D eigenvalue weighted by molar-refractivity contribution is 5.71. The largest absolute Gasteiger partial charge is 0.481 e. The van der Waals surface area contributed by atoms with Crippen LogP contribution >= 0.6 is 0 Å². The Kier molecular flexibility index (Phi) is 5.48. The monoisotopic (exact) mass is 284 g/mol. The van der Waals surface area contributed by atoms with Gasteiger partial charge < -0.3 is 10.4 Å². The van der Waals surface area contributed by atoms with Gasteiger partial charge in [-0.3, -0.25) is 14.9 Å². The van der Waals surface area contributed by atoms with Crippen LogP contribution in [-0.4, -0.2) is 32.3 Å². The SMILES string of the molecule is CCCc1nn(C)c(NCC(CC)C(=O)O)c1[N+](=O)[O-]. The van der Waals surface area contributed by atoms with Crippen LogP contribution in [-0.2, 0) is 18.3 Å². The quantitative estimate of drug-likeness (QED) is 0.556. The van der Waals surface area contributed by atoms with E-state index in [0.29, 0.717) is 18.5 Å². The standard InChI is InChI=1S/C12H20N4O4/c1-4-6-9-10(16(19)20)11(15(3)14-9)13-7-8(5-2)12(17)18/h8,13H,4-7H2,1-3H3,(H,17,18). The summed E-state index contributed by atoms with van der Waals surface area (Å²) in [4.78, 5) is 21.7. The Morgan fingerprint density at radius 2 is 2.20 bits per heavy atom. The van der Waals surface area contributed by atoms with Crippen molar-refractivity contribution in [1.29, 1.82) is 0 Å². The predicted molar refractivity (Wildman–Crippen MR) is 73.8 cm³/mol. The van der Waals surface area contributed by atoms with Crippen LogP contribution in [0, 0.1) is 16.0 Å². The van der Waals surface area contributed by atoms with Crippen molar-refractivity contribution in [3.05, 3.63) is 15.8 Å². The van der Waals surface area contributed by atoms with E-state index in [0.717, 1.165) is 6.42 Å². The zero-order chi connectivity index (χ0) is 15.3. The van der Waals surface area contributed by atoms with Gasteiger partial charge in [-0.05, 0) is 12.8 Å². The Morgan fingerprint density at radius 3 is 2.65 bits per heavy atom. The summed E-state index contributed by atoms with van der Waals surface area (Å²) in [6.45, 7) is 3.82. The Balaban J connectivity index is 2.99. The molecule has 0 saturated heterocycles. The highest BCUT2D eigenvalue weighted by Gasteiger charge is 2.27. The molecule has 0 aliphatic carbocycles. The third-order valence-electron chi connectivity index (χ3n) is 3.12. The molecule has 0 bridgehead atoms. The molecule has 1 heterocycles. The number of hydrogen-bond acceptors (Lipinski definition) is 5. The van der Waals surface area contributed by atoms with Crippen molar-refractivity contribution in [1.82, 2.24) is 9.78 Å². The van der Waals surface area contributed by atoms with Crippen molar-refractivity contribution in [2.75, 3.05) is 11.9 Å². The lowest BCUT2D eigenvalue weighted by Crippen LogP contribution is -2.23. The minimum absolute atomic E-state index is 0.0606. The first-order chi connectivity index (χ1) is 9.42. The van der Waals surface area contributed by atoms with Crippen LogP contribution in [0.3, 0.4) is 0 Å². The summed E-state index contributed by atoms with van der Waals surface area (Å²) in [7, 11) is 1.61. The van der Waals surface area contributed by atoms with E-state index in [4.69, 9.17) is 5.11 Å². The fourth-order valence-electron chi connectivity index (χ4n) is 1.99. The maximum Gasteiger partial charge on any atom is 0.333 e. The van der Waals surface area contributed by atoms with Crippen molar-refractivity contribution < 1.29 is 14.8 Å². The molecular weight excluding hydrogens is 264 g/mol. The predicted octanol–water partition coefficient (Wildman–Crippen LogP) is 1.80. The first-order valence-electron chi connectivity index (χ1n) is 6.59. The average molecular weight is 284 g/mol. The van der Waals surface area contributed by atoms with Crippen LogP contribution in [0.5, 0.6) is 0 Å². The summed E-state index contributed by atoms with van der Waals surface area (Å²) in [5, 5.41) is 27.2. The average Bonchev–Trinajstić information content (AvgIpc) is 2.66. The van der Waals surface area contributed by atoms with Gasteiger partial charge >= 0.3 is 11.7 Å². The normalized spacial score (nSPS) is 12.2. The summed E-state index contributed by atoms with van der Waals surface area (Å²) in [6, 6.07) is 0. The second-order valence-corrected chi connectivity index (χ2v) is 4.60. The Morgan fingerprint density at radius 1 is 1.55 bits per heavy atom. The highest BCUT2D eigenvalue weighted by atomic mass is 16.6. The van der Waals surface area contributed by atoms with Crippen LogP contribution in [0.15, 0.2) is 0 Å². The molecule has 0 fully saturated rings. The molecule has 1 rings (SSSR count). The molecule has 0 aliphatic rings. The second-order valence-electron chi connectivity index (χ2n) is 4.60. The fraction of sp³-hybridized carbons (Fsp3) is 0.667. The fourth-order valence-corrected chi connectivity index (χ4v) is 1.99. The number of nitrogens with one attached hydrogen (secondary N) is 1.